The first-order valence-corrected chi connectivity index (χ1v) is 5.84. The summed E-state index contributed by atoms with van der Waals surface area (Å²) in [5.74, 6) is 0. The monoisotopic (exact) mass is 250 g/mol. The van der Waals surface area contributed by atoms with Crippen LogP contribution in [0, 0.1) is 0 Å². The second kappa shape index (κ2) is 4.24. The summed E-state index contributed by atoms with van der Waals surface area (Å²) in [7, 11) is 0. The molecule has 1 fully saturated rings. The van der Waals surface area contributed by atoms with Gasteiger partial charge in [0.2, 0.25) is 0 Å². The quantitative estimate of drug-likeness (QED) is 0.698. The first-order chi connectivity index (χ1) is 8.70. The molecule has 6 nitrogen and oxygen atoms in total. The minimum atomic E-state index is -0.749. The van der Waals surface area contributed by atoms with Crippen LogP contribution in [0.4, 0.5) is 0 Å². The topological polar surface area (TPSA) is 87.5 Å². The molecule has 1 aliphatic heterocycles. The van der Waals surface area contributed by atoms with E-state index in [1.807, 2.05) is 24.3 Å². The Morgan fingerprint density at radius 3 is 2.94 bits per heavy atom. The zero-order valence-electron chi connectivity index (χ0n) is 9.61. The van der Waals surface area contributed by atoms with Crippen molar-refractivity contribution in [3.8, 4) is 0 Å². The van der Waals surface area contributed by atoms with Gasteiger partial charge in [-0.25, -0.2) is 4.79 Å². The molecule has 0 amide bonds. The average molecular weight is 250 g/mol. The maximum atomic E-state index is 11.9. The van der Waals surface area contributed by atoms with E-state index in [0.717, 1.165) is 11.0 Å². The van der Waals surface area contributed by atoms with E-state index in [-0.39, 0.29) is 12.3 Å². The molecule has 2 heterocycles. The lowest BCUT2D eigenvalue weighted by Gasteiger charge is -2.13. The molecular weight excluding hydrogens is 236 g/mol. The lowest BCUT2D eigenvalue weighted by molar-refractivity contribution is -0.0440. The molecule has 0 radical (unpaired) electrons. The molecular formula is C12H14N2O4. The number of imidazole rings is 1. The Kier molecular flexibility index (Phi) is 2.70. The molecule has 0 aliphatic carbocycles. The second-order valence-corrected chi connectivity index (χ2v) is 4.43. The van der Waals surface area contributed by atoms with Gasteiger partial charge in [-0.15, -0.1) is 0 Å². The predicted octanol–water partition coefficient (Wildman–Crippen LogP) is -0.0297. The van der Waals surface area contributed by atoms with E-state index in [4.69, 9.17) is 9.84 Å². The number of fused-ring (bicyclic) bond motifs is 1. The summed E-state index contributed by atoms with van der Waals surface area (Å²) in [6.45, 7) is -0.255. The van der Waals surface area contributed by atoms with Gasteiger partial charge in [-0.05, 0) is 12.1 Å². The highest BCUT2D eigenvalue weighted by atomic mass is 16.5. The molecule has 18 heavy (non-hydrogen) atoms. The van der Waals surface area contributed by atoms with Crippen LogP contribution in [0.1, 0.15) is 12.6 Å². The number of rotatable bonds is 2. The summed E-state index contributed by atoms with van der Waals surface area (Å²) >= 11 is 0. The number of nitrogens with one attached hydrogen (secondary N) is 1. The van der Waals surface area contributed by atoms with Crippen molar-refractivity contribution in [2.24, 2.45) is 0 Å². The van der Waals surface area contributed by atoms with Crippen molar-refractivity contribution in [2.75, 3.05) is 6.61 Å². The van der Waals surface area contributed by atoms with E-state index in [9.17, 15) is 9.90 Å². The molecule has 0 saturated carbocycles. The number of aliphatic hydroxyl groups is 2. The van der Waals surface area contributed by atoms with E-state index >= 15 is 0 Å². The summed E-state index contributed by atoms with van der Waals surface area (Å²) in [5.41, 5.74) is 1.19. The van der Waals surface area contributed by atoms with Gasteiger partial charge in [0.1, 0.15) is 12.3 Å². The van der Waals surface area contributed by atoms with Crippen LogP contribution in [-0.4, -0.2) is 38.6 Å². The minimum absolute atomic E-state index is 0.255. The highest BCUT2D eigenvalue weighted by molar-refractivity contribution is 5.75. The molecule has 0 spiro atoms. The number of benzene rings is 1. The van der Waals surface area contributed by atoms with Gasteiger partial charge in [0.25, 0.3) is 0 Å². The van der Waals surface area contributed by atoms with E-state index < -0.39 is 18.4 Å². The van der Waals surface area contributed by atoms with E-state index in [1.165, 1.54) is 4.57 Å². The van der Waals surface area contributed by atoms with Crippen LogP contribution in [0.25, 0.3) is 11.0 Å². The number of nitrogens with zero attached hydrogens (tertiary/aromatic N) is 1. The van der Waals surface area contributed by atoms with Crippen molar-refractivity contribution in [1.29, 1.82) is 0 Å². The lowest BCUT2D eigenvalue weighted by atomic mass is 10.2. The van der Waals surface area contributed by atoms with Crippen LogP contribution in [0.3, 0.4) is 0 Å². The van der Waals surface area contributed by atoms with Crippen molar-refractivity contribution in [3.63, 3.8) is 0 Å². The lowest BCUT2D eigenvalue weighted by Crippen LogP contribution is -2.25. The maximum absolute atomic E-state index is 11.9. The Morgan fingerprint density at radius 1 is 1.44 bits per heavy atom. The van der Waals surface area contributed by atoms with E-state index in [1.54, 1.807) is 0 Å². The zero-order chi connectivity index (χ0) is 12.7. The van der Waals surface area contributed by atoms with Crippen molar-refractivity contribution in [1.82, 2.24) is 9.55 Å². The molecule has 6 heteroatoms. The fraction of sp³-hybridized carbons (Fsp3) is 0.417. The molecule has 1 saturated heterocycles. The Labute approximate surface area is 102 Å². The van der Waals surface area contributed by atoms with Crippen LogP contribution < -0.4 is 5.69 Å². The number of ether oxygens (including phenoxy) is 1. The smallest absolute Gasteiger partial charge is 0.328 e. The Morgan fingerprint density at radius 2 is 2.22 bits per heavy atom. The summed E-state index contributed by atoms with van der Waals surface area (Å²) in [6, 6.07) is 7.29. The van der Waals surface area contributed by atoms with Gasteiger partial charge in [-0.2, -0.15) is 0 Å². The third-order valence-corrected chi connectivity index (χ3v) is 3.30. The number of aromatic amines is 1. The standard InChI is InChI=1S/C12H14N2O4/c15-6-10-9(16)5-11(18-10)14-8-4-2-1-3-7(8)13-12(14)17/h1-4,9-11,15-16H,5-6H2,(H,13,17)/t9-,10?,11?/m1/s1. The van der Waals surface area contributed by atoms with Gasteiger partial charge in [-0.1, -0.05) is 12.1 Å². The fourth-order valence-electron chi connectivity index (χ4n) is 2.40. The SMILES string of the molecule is O=c1[nH]c2ccccc2n1C1C[C@@H](O)C(CO)O1. The molecule has 3 rings (SSSR count). The predicted molar refractivity (Wildman–Crippen MR) is 64.2 cm³/mol. The van der Waals surface area contributed by atoms with E-state index in [0.29, 0.717) is 6.42 Å². The minimum Gasteiger partial charge on any atom is -0.394 e. The normalized spacial score (nSPS) is 28.0. The third-order valence-electron chi connectivity index (χ3n) is 3.30. The van der Waals surface area contributed by atoms with Gasteiger partial charge in [-0.3, -0.25) is 4.57 Å². The molecule has 2 unspecified atom stereocenters. The molecule has 0 bridgehead atoms. The molecule has 96 valence electrons. The van der Waals surface area contributed by atoms with Gasteiger partial charge < -0.3 is 19.9 Å². The van der Waals surface area contributed by atoms with E-state index in [2.05, 4.69) is 4.98 Å². The summed E-state index contributed by atoms with van der Waals surface area (Å²) in [5, 5.41) is 18.8. The van der Waals surface area contributed by atoms with Gasteiger partial charge >= 0.3 is 5.69 Å². The molecule has 1 aromatic carbocycles. The number of aliphatic hydroxyl groups excluding tert-OH is 2. The molecule has 1 aliphatic rings. The largest absolute Gasteiger partial charge is 0.394 e. The van der Waals surface area contributed by atoms with Crippen LogP contribution in [0.15, 0.2) is 29.1 Å². The molecule has 3 atom stereocenters. The maximum Gasteiger partial charge on any atom is 0.328 e. The average Bonchev–Trinajstić information content (AvgIpc) is 2.88. The first kappa shape index (κ1) is 11.5. The molecule has 3 N–H and O–H groups in total. The highest BCUT2D eigenvalue weighted by Crippen LogP contribution is 2.29. The third kappa shape index (κ3) is 1.66. The van der Waals surface area contributed by atoms with Gasteiger partial charge in [0.15, 0.2) is 0 Å². The number of hydrogen-bond acceptors (Lipinski definition) is 4. The van der Waals surface area contributed by atoms with Crippen molar-refractivity contribution < 1.29 is 14.9 Å². The van der Waals surface area contributed by atoms with Gasteiger partial charge in [0, 0.05) is 6.42 Å². The number of H-pyrrole nitrogens is 1. The summed E-state index contributed by atoms with van der Waals surface area (Å²) in [4.78, 5) is 14.6. The Bertz CT molecular complexity index is 618. The van der Waals surface area contributed by atoms with Crippen LogP contribution in [-0.2, 0) is 4.74 Å². The fourth-order valence-corrected chi connectivity index (χ4v) is 2.40. The Hall–Kier alpha value is -1.63. The number of para-hydroxylation sites is 2. The number of aromatic nitrogens is 2. The van der Waals surface area contributed by atoms with Crippen LogP contribution in [0.2, 0.25) is 0 Å². The summed E-state index contributed by atoms with van der Waals surface area (Å²) in [6.07, 6.45) is -1.62. The van der Waals surface area contributed by atoms with Crippen LogP contribution >= 0.6 is 0 Å². The highest BCUT2D eigenvalue weighted by Gasteiger charge is 2.35. The summed E-state index contributed by atoms with van der Waals surface area (Å²) < 4.78 is 6.98. The van der Waals surface area contributed by atoms with Crippen molar-refractivity contribution in [3.05, 3.63) is 34.7 Å². The molecule has 2 aromatic rings. The van der Waals surface area contributed by atoms with Crippen LogP contribution in [0.5, 0.6) is 0 Å². The molecule has 1 aromatic heterocycles. The zero-order valence-corrected chi connectivity index (χ0v) is 9.61. The first-order valence-electron chi connectivity index (χ1n) is 5.84. The second-order valence-electron chi connectivity index (χ2n) is 4.43. The van der Waals surface area contributed by atoms with Crippen molar-refractivity contribution >= 4 is 11.0 Å². The number of hydrogen-bond donors (Lipinski definition) is 3. The Balaban J connectivity index is 2.05. The van der Waals surface area contributed by atoms with Crippen molar-refractivity contribution in [2.45, 2.75) is 24.9 Å². The van der Waals surface area contributed by atoms with Gasteiger partial charge in [0.05, 0.1) is 23.7 Å².